The molecule has 0 aromatic carbocycles. The second-order valence-corrected chi connectivity index (χ2v) is 8.28. The highest BCUT2D eigenvalue weighted by Gasteiger charge is 2.36. The molecule has 0 radical (unpaired) electrons. The fraction of sp³-hybridized carbons (Fsp3) is 0.364. The molecule has 8 nitrogen and oxygen atoms in total. The number of ether oxygens (including phenoxy) is 1. The summed E-state index contributed by atoms with van der Waals surface area (Å²) in [4.78, 5) is 14.8. The number of hydrogen-bond acceptors (Lipinski definition) is 6. The summed E-state index contributed by atoms with van der Waals surface area (Å²) in [5.74, 6) is 1.11. The fourth-order valence-corrected chi connectivity index (χ4v) is 4.86. The number of hydrogen-bond donors (Lipinski definition) is 1. The number of rotatable bonds is 3. The maximum Gasteiger partial charge on any atom is 0.183 e. The van der Waals surface area contributed by atoms with Crippen molar-refractivity contribution in [3.05, 3.63) is 36.5 Å². The summed E-state index contributed by atoms with van der Waals surface area (Å²) >= 11 is 0. The minimum atomic E-state index is 0.0893. The lowest BCUT2D eigenvalue weighted by molar-refractivity contribution is -0.00727. The summed E-state index contributed by atoms with van der Waals surface area (Å²) in [6, 6.07) is 4.31. The third-order valence-corrected chi connectivity index (χ3v) is 6.45. The van der Waals surface area contributed by atoms with E-state index in [4.69, 9.17) is 4.74 Å². The summed E-state index contributed by atoms with van der Waals surface area (Å²) in [6.45, 7) is 3.20. The van der Waals surface area contributed by atoms with Crippen molar-refractivity contribution in [3.8, 4) is 22.9 Å². The van der Waals surface area contributed by atoms with Gasteiger partial charge in [0.05, 0.1) is 23.3 Å². The number of aromatic amines is 1. The van der Waals surface area contributed by atoms with Gasteiger partial charge in [0.2, 0.25) is 0 Å². The van der Waals surface area contributed by atoms with Crippen LogP contribution in [0.5, 0.6) is 5.75 Å². The summed E-state index contributed by atoms with van der Waals surface area (Å²) in [7, 11) is 1.89. The Morgan fingerprint density at radius 1 is 1.17 bits per heavy atom. The number of aryl methyl sites for hydroxylation is 1. The third kappa shape index (κ3) is 2.66. The van der Waals surface area contributed by atoms with Crippen LogP contribution in [0, 0.1) is 17.2 Å². The Kier molecular flexibility index (Phi) is 3.80. The Hall–Kier alpha value is -3.44. The highest BCUT2D eigenvalue weighted by Crippen LogP contribution is 2.38. The molecule has 1 unspecified atom stereocenters. The van der Waals surface area contributed by atoms with Crippen molar-refractivity contribution in [2.24, 2.45) is 13.0 Å². The van der Waals surface area contributed by atoms with E-state index in [-0.39, 0.29) is 6.10 Å². The van der Waals surface area contributed by atoms with Gasteiger partial charge in [-0.3, -0.25) is 9.58 Å². The van der Waals surface area contributed by atoms with Gasteiger partial charge in [-0.05, 0) is 37.9 Å². The monoisotopic (exact) mass is 399 g/mol. The number of nitrogens with one attached hydrogen (secondary N) is 1. The fourth-order valence-electron chi connectivity index (χ4n) is 4.86. The molecular formula is C22H21N7O. The predicted octanol–water partition coefficient (Wildman–Crippen LogP) is 2.86. The molecule has 4 aromatic rings. The number of fused-ring (bicyclic) bond motifs is 6. The van der Waals surface area contributed by atoms with Crippen LogP contribution in [0.1, 0.15) is 18.5 Å². The van der Waals surface area contributed by atoms with Crippen LogP contribution in [0.3, 0.4) is 0 Å². The molecule has 150 valence electrons. The number of nitrogens with zero attached hydrogens (tertiary/aromatic N) is 6. The Morgan fingerprint density at radius 3 is 2.73 bits per heavy atom. The molecule has 1 atom stereocenters. The molecule has 2 bridgehead atoms. The highest BCUT2D eigenvalue weighted by atomic mass is 16.5. The van der Waals surface area contributed by atoms with E-state index in [2.05, 4.69) is 37.1 Å². The maximum absolute atomic E-state index is 9.74. The van der Waals surface area contributed by atoms with Gasteiger partial charge in [0.1, 0.15) is 17.8 Å². The summed E-state index contributed by atoms with van der Waals surface area (Å²) < 4.78 is 8.32. The van der Waals surface area contributed by atoms with Crippen LogP contribution >= 0.6 is 0 Å². The van der Waals surface area contributed by atoms with E-state index in [0.29, 0.717) is 17.4 Å². The Morgan fingerprint density at radius 2 is 2.03 bits per heavy atom. The maximum atomic E-state index is 9.74. The second-order valence-electron chi connectivity index (χ2n) is 8.28. The first-order valence-corrected chi connectivity index (χ1v) is 10.3. The molecule has 0 amide bonds. The molecule has 3 fully saturated rings. The molecule has 8 heteroatoms. The first-order chi connectivity index (χ1) is 14.7. The number of aromatic nitrogens is 5. The van der Waals surface area contributed by atoms with Crippen LogP contribution in [-0.4, -0.2) is 55.4 Å². The Bertz CT molecular complexity index is 1310. The summed E-state index contributed by atoms with van der Waals surface area (Å²) in [5.41, 5.74) is 3.88. The lowest BCUT2D eigenvalue weighted by Crippen LogP contribution is -2.52. The molecule has 30 heavy (non-hydrogen) atoms. The standard InChI is InChI=1S/C22H21N7O/c1-28-11-15(9-26-28)14-6-16-20-18(27-22(16)25-8-14)10-24-17(7-23)21(20)30-19-12-29-4-2-13(19)3-5-29/h6,8-11,13,19H,2-5,12H2,1H3,(H,25,27). The van der Waals surface area contributed by atoms with Gasteiger partial charge in [0.25, 0.3) is 0 Å². The minimum absolute atomic E-state index is 0.0893. The van der Waals surface area contributed by atoms with E-state index >= 15 is 0 Å². The quantitative estimate of drug-likeness (QED) is 0.569. The van der Waals surface area contributed by atoms with Gasteiger partial charge < -0.3 is 9.72 Å². The second kappa shape index (κ2) is 6.54. The molecular weight excluding hydrogens is 378 g/mol. The van der Waals surface area contributed by atoms with Crippen molar-refractivity contribution in [3.63, 3.8) is 0 Å². The van der Waals surface area contributed by atoms with Crippen molar-refractivity contribution < 1.29 is 4.74 Å². The van der Waals surface area contributed by atoms with Gasteiger partial charge in [0, 0.05) is 42.5 Å². The summed E-state index contributed by atoms with van der Waals surface area (Å²) in [5, 5.41) is 15.8. The molecule has 0 aliphatic carbocycles. The van der Waals surface area contributed by atoms with Crippen LogP contribution in [0.25, 0.3) is 33.1 Å². The van der Waals surface area contributed by atoms with Crippen LogP contribution in [0.15, 0.2) is 30.9 Å². The molecule has 0 spiro atoms. The number of piperidine rings is 3. The Labute approximate surface area is 173 Å². The van der Waals surface area contributed by atoms with Gasteiger partial charge >= 0.3 is 0 Å². The molecule has 7 heterocycles. The Balaban J connectivity index is 1.52. The van der Waals surface area contributed by atoms with E-state index in [1.54, 1.807) is 10.9 Å². The van der Waals surface area contributed by atoms with Gasteiger partial charge in [-0.2, -0.15) is 10.4 Å². The van der Waals surface area contributed by atoms with Crippen LogP contribution < -0.4 is 4.74 Å². The average Bonchev–Trinajstić information content (AvgIpc) is 3.38. The highest BCUT2D eigenvalue weighted by molar-refractivity contribution is 6.10. The normalized spacial score (nSPS) is 23.1. The zero-order valence-corrected chi connectivity index (χ0v) is 16.7. The molecule has 3 aliphatic heterocycles. The van der Waals surface area contributed by atoms with Gasteiger partial charge in [0.15, 0.2) is 11.4 Å². The number of H-pyrrole nitrogens is 1. The van der Waals surface area contributed by atoms with Crippen molar-refractivity contribution in [2.45, 2.75) is 18.9 Å². The lowest BCUT2D eigenvalue weighted by Gasteiger charge is -2.44. The first-order valence-electron chi connectivity index (χ1n) is 10.3. The van der Waals surface area contributed by atoms with Gasteiger partial charge in [-0.1, -0.05) is 0 Å². The number of nitriles is 1. The zero-order valence-electron chi connectivity index (χ0n) is 16.7. The molecule has 0 saturated carbocycles. The van der Waals surface area contributed by atoms with Crippen molar-refractivity contribution in [2.75, 3.05) is 19.6 Å². The summed E-state index contributed by atoms with van der Waals surface area (Å²) in [6.07, 6.45) is 9.71. The van der Waals surface area contributed by atoms with Crippen molar-refractivity contribution in [1.29, 1.82) is 5.26 Å². The zero-order chi connectivity index (χ0) is 20.2. The van der Waals surface area contributed by atoms with E-state index in [9.17, 15) is 5.26 Å². The first kappa shape index (κ1) is 17.4. The largest absolute Gasteiger partial charge is 0.485 e. The van der Waals surface area contributed by atoms with Gasteiger partial charge in [-0.15, -0.1) is 0 Å². The molecule has 4 aromatic heterocycles. The average molecular weight is 399 g/mol. The topological polar surface area (TPSA) is 95.6 Å². The van der Waals surface area contributed by atoms with Crippen LogP contribution in [0.2, 0.25) is 0 Å². The SMILES string of the molecule is Cn1cc(-c2cnc3[nH]c4cnc(C#N)c(OC5CN6CCC5CC6)c4c3c2)cn1. The lowest BCUT2D eigenvalue weighted by atomic mass is 9.86. The molecule has 1 N–H and O–H groups in total. The molecule has 3 saturated heterocycles. The van der Waals surface area contributed by atoms with E-state index in [1.807, 2.05) is 25.6 Å². The number of pyridine rings is 2. The third-order valence-electron chi connectivity index (χ3n) is 6.45. The smallest absolute Gasteiger partial charge is 0.183 e. The van der Waals surface area contributed by atoms with Crippen LogP contribution in [-0.2, 0) is 7.05 Å². The van der Waals surface area contributed by atoms with E-state index in [1.165, 1.54) is 0 Å². The van der Waals surface area contributed by atoms with Crippen LogP contribution in [0.4, 0.5) is 0 Å². The van der Waals surface area contributed by atoms with Crippen molar-refractivity contribution in [1.82, 2.24) is 29.6 Å². The van der Waals surface area contributed by atoms with E-state index < -0.39 is 0 Å². The van der Waals surface area contributed by atoms with E-state index in [0.717, 1.165) is 65.5 Å². The predicted molar refractivity (Wildman–Crippen MR) is 112 cm³/mol. The van der Waals surface area contributed by atoms with Gasteiger partial charge in [-0.25, -0.2) is 9.97 Å². The van der Waals surface area contributed by atoms with Crippen molar-refractivity contribution >= 4 is 21.9 Å². The minimum Gasteiger partial charge on any atom is -0.485 e. The molecule has 7 rings (SSSR count). The molecule has 3 aliphatic rings.